The van der Waals surface area contributed by atoms with Gasteiger partial charge in [-0.3, -0.25) is 20.4 Å². The minimum Gasteiger partial charge on any atom is -0.273 e. The van der Waals surface area contributed by atoms with Gasteiger partial charge in [-0.2, -0.15) is 0 Å². The topological polar surface area (TPSA) is 58.2 Å². The third kappa shape index (κ3) is 4.14. The molecule has 4 nitrogen and oxygen atoms in total. The summed E-state index contributed by atoms with van der Waals surface area (Å²) in [6, 6.07) is 11.4. The van der Waals surface area contributed by atoms with Crippen molar-refractivity contribution in [3.8, 4) is 0 Å². The van der Waals surface area contributed by atoms with Gasteiger partial charge in [0.15, 0.2) is 0 Å². The fourth-order valence-corrected chi connectivity index (χ4v) is 2.33. The smallest absolute Gasteiger partial charge is 0.269 e. The molecule has 2 aromatic carbocycles. The number of carbonyl (C=O) groups excluding carboxylic acids is 2. The van der Waals surface area contributed by atoms with Gasteiger partial charge in [-0.05, 0) is 52.2 Å². The molecule has 2 aromatic rings. The van der Waals surface area contributed by atoms with Crippen LogP contribution >= 0.6 is 15.9 Å². The van der Waals surface area contributed by atoms with Gasteiger partial charge in [0.25, 0.3) is 5.91 Å². The van der Waals surface area contributed by atoms with Gasteiger partial charge in [0, 0.05) is 5.56 Å². The summed E-state index contributed by atoms with van der Waals surface area (Å²) in [5.41, 5.74) is 6.65. The highest BCUT2D eigenvalue weighted by Gasteiger charge is 2.10. The number of aryl methyl sites for hydroxylation is 1. The van der Waals surface area contributed by atoms with Gasteiger partial charge < -0.3 is 0 Å². The quantitative estimate of drug-likeness (QED) is 0.822. The number of halogens is 2. The van der Waals surface area contributed by atoms with Gasteiger partial charge in [-0.15, -0.1) is 0 Å². The second-order valence-electron chi connectivity index (χ2n) is 4.74. The first-order valence-corrected chi connectivity index (χ1v) is 7.35. The summed E-state index contributed by atoms with van der Waals surface area (Å²) >= 11 is 3.06. The molecule has 0 fully saturated rings. The van der Waals surface area contributed by atoms with Crippen LogP contribution in [0.4, 0.5) is 4.39 Å². The number of hydrogen-bond acceptors (Lipinski definition) is 2. The number of carbonyl (C=O) groups is 2. The molecule has 2 amide bonds. The number of hydrogen-bond donors (Lipinski definition) is 2. The Morgan fingerprint density at radius 3 is 2.55 bits per heavy atom. The Kier molecular flexibility index (Phi) is 5.27. The summed E-state index contributed by atoms with van der Waals surface area (Å²) in [4.78, 5) is 23.7. The lowest BCUT2D eigenvalue weighted by atomic mass is 10.1. The first-order valence-electron chi connectivity index (χ1n) is 6.56. The van der Waals surface area contributed by atoms with Crippen molar-refractivity contribution in [2.24, 2.45) is 0 Å². The van der Waals surface area contributed by atoms with Crippen molar-refractivity contribution >= 4 is 27.7 Å². The summed E-state index contributed by atoms with van der Waals surface area (Å²) in [5.74, 6) is -1.16. The molecule has 6 heteroatoms. The molecule has 0 aliphatic heterocycles. The van der Waals surface area contributed by atoms with Crippen molar-refractivity contribution in [2.45, 2.75) is 13.3 Å². The molecule has 0 aliphatic carbocycles. The van der Waals surface area contributed by atoms with E-state index in [4.69, 9.17) is 0 Å². The zero-order valence-electron chi connectivity index (χ0n) is 11.8. The average molecular weight is 365 g/mol. The van der Waals surface area contributed by atoms with Crippen molar-refractivity contribution in [1.82, 2.24) is 10.9 Å². The second-order valence-corrected chi connectivity index (χ2v) is 5.60. The van der Waals surface area contributed by atoms with E-state index in [0.29, 0.717) is 15.6 Å². The SMILES string of the molecule is Cc1ccccc1C(=O)NNC(=O)Cc1ccc(F)c(Br)c1. The van der Waals surface area contributed by atoms with E-state index in [1.807, 2.05) is 19.1 Å². The van der Waals surface area contributed by atoms with Gasteiger partial charge in [-0.1, -0.05) is 24.3 Å². The van der Waals surface area contributed by atoms with Crippen molar-refractivity contribution in [2.75, 3.05) is 0 Å². The molecule has 22 heavy (non-hydrogen) atoms. The third-order valence-corrected chi connectivity index (χ3v) is 3.66. The van der Waals surface area contributed by atoms with Crippen LogP contribution in [0.15, 0.2) is 46.9 Å². The van der Waals surface area contributed by atoms with E-state index in [1.54, 1.807) is 12.1 Å². The highest BCUT2D eigenvalue weighted by Crippen LogP contribution is 2.17. The Balaban J connectivity index is 1.91. The maximum atomic E-state index is 13.1. The molecule has 2 rings (SSSR count). The normalized spacial score (nSPS) is 10.1. The van der Waals surface area contributed by atoms with Crippen LogP contribution in [0, 0.1) is 12.7 Å². The Bertz CT molecular complexity index is 719. The molecule has 0 atom stereocenters. The zero-order chi connectivity index (χ0) is 16.1. The first-order chi connectivity index (χ1) is 10.5. The fraction of sp³-hybridized carbons (Fsp3) is 0.125. The maximum Gasteiger partial charge on any atom is 0.269 e. The second kappa shape index (κ2) is 7.17. The molecule has 0 saturated heterocycles. The standard InChI is InChI=1S/C16H14BrFN2O2/c1-10-4-2-3-5-12(10)16(22)20-19-15(21)9-11-6-7-14(18)13(17)8-11/h2-8H,9H2,1H3,(H,19,21)(H,20,22). The van der Waals surface area contributed by atoms with Crippen LogP contribution in [-0.4, -0.2) is 11.8 Å². The van der Waals surface area contributed by atoms with E-state index >= 15 is 0 Å². The van der Waals surface area contributed by atoms with Crippen LogP contribution in [-0.2, 0) is 11.2 Å². The Morgan fingerprint density at radius 1 is 1.14 bits per heavy atom. The molecule has 0 aliphatic rings. The number of benzene rings is 2. The van der Waals surface area contributed by atoms with Gasteiger partial charge in [0.05, 0.1) is 10.9 Å². The van der Waals surface area contributed by atoms with E-state index in [9.17, 15) is 14.0 Å². The summed E-state index contributed by atoms with van der Waals surface area (Å²) in [6.45, 7) is 1.81. The largest absolute Gasteiger partial charge is 0.273 e. The summed E-state index contributed by atoms with van der Waals surface area (Å²) < 4.78 is 13.4. The lowest BCUT2D eigenvalue weighted by molar-refractivity contribution is -0.121. The summed E-state index contributed by atoms with van der Waals surface area (Å²) in [5, 5.41) is 0. The molecule has 0 unspecified atom stereocenters. The van der Waals surface area contributed by atoms with Crippen LogP contribution in [0.1, 0.15) is 21.5 Å². The van der Waals surface area contributed by atoms with Gasteiger partial charge in [0.1, 0.15) is 5.82 Å². The van der Waals surface area contributed by atoms with E-state index in [1.165, 1.54) is 18.2 Å². The van der Waals surface area contributed by atoms with Crippen LogP contribution in [0.3, 0.4) is 0 Å². The molecule has 0 saturated carbocycles. The van der Waals surface area contributed by atoms with Crippen LogP contribution < -0.4 is 10.9 Å². The monoisotopic (exact) mass is 364 g/mol. The fourth-order valence-electron chi connectivity index (χ4n) is 1.90. The molecule has 114 valence electrons. The summed E-state index contributed by atoms with van der Waals surface area (Å²) in [7, 11) is 0. The van der Waals surface area contributed by atoms with E-state index in [0.717, 1.165) is 5.56 Å². The van der Waals surface area contributed by atoms with Crippen molar-refractivity contribution < 1.29 is 14.0 Å². The summed E-state index contributed by atoms with van der Waals surface area (Å²) in [6.07, 6.45) is 0.0347. The highest BCUT2D eigenvalue weighted by atomic mass is 79.9. The predicted octanol–water partition coefficient (Wildman–Crippen LogP) is 2.90. The number of amides is 2. The molecular formula is C16H14BrFN2O2. The Morgan fingerprint density at radius 2 is 1.86 bits per heavy atom. The van der Waals surface area contributed by atoms with E-state index in [-0.39, 0.29) is 18.2 Å². The lowest BCUT2D eigenvalue weighted by Crippen LogP contribution is -2.42. The van der Waals surface area contributed by atoms with Gasteiger partial charge in [0.2, 0.25) is 5.91 Å². The van der Waals surface area contributed by atoms with E-state index < -0.39 is 5.82 Å². The Labute approximate surface area is 135 Å². The molecular weight excluding hydrogens is 351 g/mol. The predicted molar refractivity (Wildman–Crippen MR) is 84.6 cm³/mol. The number of nitrogens with one attached hydrogen (secondary N) is 2. The van der Waals surface area contributed by atoms with Crippen molar-refractivity contribution in [1.29, 1.82) is 0 Å². The molecule has 0 aromatic heterocycles. The van der Waals surface area contributed by atoms with Crippen molar-refractivity contribution in [3.63, 3.8) is 0 Å². The van der Waals surface area contributed by atoms with Crippen molar-refractivity contribution in [3.05, 3.63) is 69.4 Å². The zero-order valence-corrected chi connectivity index (χ0v) is 13.4. The maximum absolute atomic E-state index is 13.1. The lowest BCUT2D eigenvalue weighted by Gasteiger charge is -2.09. The number of rotatable bonds is 3. The van der Waals surface area contributed by atoms with Crippen LogP contribution in [0.25, 0.3) is 0 Å². The van der Waals surface area contributed by atoms with Gasteiger partial charge in [-0.25, -0.2) is 4.39 Å². The Hall–Kier alpha value is -2.21. The van der Waals surface area contributed by atoms with E-state index in [2.05, 4.69) is 26.8 Å². The molecule has 0 radical (unpaired) electrons. The number of hydrazine groups is 1. The van der Waals surface area contributed by atoms with Crippen LogP contribution in [0.5, 0.6) is 0 Å². The third-order valence-electron chi connectivity index (χ3n) is 3.05. The minimum atomic E-state index is -0.392. The highest BCUT2D eigenvalue weighted by molar-refractivity contribution is 9.10. The van der Waals surface area contributed by atoms with Crippen LogP contribution in [0.2, 0.25) is 0 Å². The first kappa shape index (κ1) is 16.2. The van der Waals surface area contributed by atoms with Gasteiger partial charge >= 0.3 is 0 Å². The minimum absolute atomic E-state index is 0.0347. The molecule has 0 spiro atoms. The molecule has 2 N–H and O–H groups in total. The average Bonchev–Trinajstić information content (AvgIpc) is 2.49. The molecule has 0 bridgehead atoms. The molecule has 0 heterocycles.